The van der Waals surface area contributed by atoms with Crippen LogP contribution in [0.15, 0.2) is 79.0 Å². The Bertz CT molecular complexity index is 993. The van der Waals surface area contributed by atoms with E-state index in [0.29, 0.717) is 0 Å². The number of aromatic nitrogens is 1. The number of benzene rings is 2. The van der Waals surface area contributed by atoms with Gasteiger partial charge < -0.3 is 0 Å². The lowest BCUT2D eigenvalue weighted by atomic mass is 9.54. The summed E-state index contributed by atoms with van der Waals surface area (Å²) in [5, 5.41) is 0. The Morgan fingerprint density at radius 1 is 0.926 bits per heavy atom. The van der Waals surface area contributed by atoms with Gasteiger partial charge in [0.15, 0.2) is 5.78 Å². The number of pyridine rings is 1. The fourth-order valence-electron chi connectivity index (χ4n) is 5.45. The Balaban J connectivity index is 1.60. The van der Waals surface area contributed by atoms with Crippen molar-refractivity contribution in [3.63, 3.8) is 0 Å². The molecule has 27 heavy (non-hydrogen) atoms. The minimum atomic E-state index is -0.563. The minimum absolute atomic E-state index is 0.00956. The predicted molar refractivity (Wildman–Crippen MR) is 102 cm³/mol. The summed E-state index contributed by atoms with van der Waals surface area (Å²) in [6, 6.07) is 22.6. The molecule has 3 fully saturated rings. The number of fused-ring (bicyclic) bond motifs is 1. The molecule has 6 rings (SSSR count). The molecule has 3 aliphatic rings. The van der Waals surface area contributed by atoms with Crippen LogP contribution >= 0.6 is 0 Å². The lowest BCUT2D eigenvalue weighted by Crippen LogP contribution is -2.47. The molecule has 0 unspecified atom stereocenters. The van der Waals surface area contributed by atoms with Gasteiger partial charge in [-0.1, -0.05) is 48.5 Å². The van der Waals surface area contributed by atoms with Crippen molar-refractivity contribution in [2.75, 3.05) is 0 Å². The number of halogens is 1. The lowest BCUT2D eigenvalue weighted by Gasteiger charge is -2.48. The van der Waals surface area contributed by atoms with Gasteiger partial charge in [-0.15, -0.1) is 0 Å². The highest BCUT2D eigenvalue weighted by Crippen LogP contribution is 2.73. The zero-order valence-corrected chi connectivity index (χ0v) is 14.9. The molecule has 0 aliphatic heterocycles. The number of carbonyl (C=O) groups is 1. The third-order valence-corrected chi connectivity index (χ3v) is 6.57. The van der Waals surface area contributed by atoms with Gasteiger partial charge in [-0.05, 0) is 54.5 Å². The molecule has 1 aromatic heterocycles. The number of Topliss-reactive ketones (excluding diaryl/α,β-unsaturated/α-hetero) is 1. The van der Waals surface area contributed by atoms with Crippen molar-refractivity contribution in [2.45, 2.75) is 30.6 Å². The number of nitrogens with zero attached hydrogens (tertiary/aromatic N) is 1. The number of ketones is 1. The molecule has 3 saturated carbocycles. The maximum Gasteiger partial charge on any atom is 0.172 e. The van der Waals surface area contributed by atoms with Gasteiger partial charge in [0.05, 0.1) is 5.56 Å². The van der Waals surface area contributed by atoms with Crippen molar-refractivity contribution < 1.29 is 9.18 Å². The van der Waals surface area contributed by atoms with E-state index >= 15 is 0 Å². The van der Waals surface area contributed by atoms with Crippen molar-refractivity contribution in [1.29, 1.82) is 0 Å². The van der Waals surface area contributed by atoms with Crippen LogP contribution in [-0.4, -0.2) is 10.8 Å². The highest BCUT2D eigenvalue weighted by Gasteiger charge is 2.70. The zero-order chi connectivity index (χ0) is 18.5. The molecule has 0 N–H and O–H groups in total. The predicted octanol–water partition coefficient (Wildman–Crippen LogP) is 5.31. The Morgan fingerprint density at radius 3 is 2.33 bits per heavy atom. The van der Waals surface area contributed by atoms with E-state index in [0.717, 1.165) is 25.0 Å². The second-order valence-corrected chi connectivity index (χ2v) is 7.98. The van der Waals surface area contributed by atoms with Crippen molar-refractivity contribution >= 4 is 5.78 Å². The first kappa shape index (κ1) is 16.4. The average molecular weight is 357 g/mol. The van der Waals surface area contributed by atoms with Crippen LogP contribution in [0.4, 0.5) is 4.39 Å². The molecule has 0 amide bonds. The number of hydrogen-bond donors (Lipinski definition) is 0. The molecule has 1 heterocycles. The fraction of sp³-hybridized carbons (Fsp3) is 0.250. The smallest absolute Gasteiger partial charge is 0.172 e. The van der Waals surface area contributed by atoms with Gasteiger partial charge in [0.1, 0.15) is 5.82 Å². The van der Waals surface area contributed by atoms with Gasteiger partial charge in [-0.25, -0.2) is 4.39 Å². The molecule has 3 aliphatic carbocycles. The van der Waals surface area contributed by atoms with Crippen LogP contribution in [0.2, 0.25) is 0 Å². The second kappa shape index (κ2) is 5.85. The van der Waals surface area contributed by atoms with E-state index in [-0.39, 0.29) is 22.7 Å². The van der Waals surface area contributed by atoms with Crippen LogP contribution in [0, 0.1) is 11.2 Å². The lowest BCUT2D eigenvalue weighted by molar-refractivity contribution is 0.0533. The summed E-state index contributed by atoms with van der Waals surface area (Å²) in [5.74, 6) is -0.480. The molecule has 2 nitrogen and oxygen atoms in total. The summed E-state index contributed by atoms with van der Waals surface area (Å²) in [7, 11) is 0. The molecule has 0 spiro atoms. The second-order valence-electron chi connectivity index (χ2n) is 7.98. The van der Waals surface area contributed by atoms with Crippen molar-refractivity contribution in [3.05, 3.63) is 102 Å². The minimum Gasteiger partial charge on any atom is -0.293 e. The first-order chi connectivity index (χ1) is 13.1. The first-order valence-corrected chi connectivity index (χ1v) is 9.40. The summed E-state index contributed by atoms with van der Waals surface area (Å²) in [5.41, 5.74) is 1.86. The van der Waals surface area contributed by atoms with Gasteiger partial charge in [-0.2, -0.15) is 0 Å². The van der Waals surface area contributed by atoms with E-state index in [2.05, 4.69) is 29.2 Å². The number of rotatable bonds is 4. The quantitative estimate of drug-likeness (QED) is 0.592. The first-order valence-electron chi connectivity index (χ1n) is 9.40. The van der Waals surface area contributed by atoms with E-state index in [1.807, 2.05) is 24.3 Å². The van der Waals surface area contributed by atoms with Gasteiger partial charge >= 0.3 is 0 Å². The Labute approximate surface area is 158 Å². The van der Waals surface area contributed by atoms with Crippen molar-refractivity contribution in [3.8, 4) is 0 Å². The molecule has 134 valence electrons. The van der Waals surface area contributed by atoms with Crippen molar-refractivity contribution in [1.82, 2.24) is 4.98 Å². The summed E-state index contributed by atoms with van der Waals surface area (Å²) in [4.78, 5) is 18.1. The van der Waals surface area contributed by atoms with E-state index in [9.17, 15) is 9.18 Å². The fourth-order valence-corrected chi connectivity index (χ4v) is 5.45. The Hall–Kier alpha value is -2.81. The maximum atomic E-state index is 14.4. The average Bonchev–Trinajstić information content (AvgIpc) is 3.22. The van der Waals surface area contributed by atoms with Crippen molar-refractivity contribution in [2.24, 2.45) is 5.41 Å². The van der Waals surface area contributed by atoms with Crippen LogP contribution in [0.3, 0.4) is 0 Å². The van der Waals surface area contributed by atoms with Crippen LogP contribution in [0.5, 0.6) is 0 Å². The van der Waals surface area contributed by atoms with Crippen LogP contribution in [0.25, 0.3) is 0 Å². The SMILES string of the molecule is O=C(c1ccccc1F)C12CC(c3ccccc3)(C[C@H]1c1ccccn1)C2. The molecule has 3 aromatic rings. The van der Waals surface area contributed by atoms with E-state index in [1.54, 1.807) is 24.4 Å². The highest BCUT2D eigenvalue weighted by atomic mass is 19.1. The van der Waals surface area contributed by atoms with E-state index < -0.39 is 11.2 Å². The summed E-state index contributed by atoms with van der Waals surface area (Å²) in [6.07, 6.45) is 4.19. The van der Waals surface area contributed by atoms with E-state index in [4.69, 9.17) is 0 Å². The van der Waals surface area contributed by atoms with Crippen LogP contribution < -0.4 is 0 Å². The number of hydrogen-bond acceptors (Lipinski definition) is 2. The van der Waals surface area contributed by atoms with E-state index in [1.165, 1.54) is 11.6 Å². The Kier molecular flexibility index (Phi) is 3.55. The monoisotopic (exact) mass is 357 g/mol. The molecule has 2 aromatic carbocycles. The molecule has 0 saturated heterocycles. The third kappa shape index (κ3) is 2.31. The molecule has 1 atom stereocenters. The zero-order valence-electron chi connectivity index (χ0n) is 14.9. The van der Waals surface area contributed by atoms with Crippen LogP contribution in [-0.2, 0) is 5.41 Å². The largest absolute Gasteiger partial charge is 0.293 e. The van der Waals surface area contributed by atoms with Gasteiger partial charge in [0, 0.05) is 23.2 Å². The number of carbonyl (C=O) groups excluding carboxylic acids is 1. The summed E-state index contributed by atoms with van der Waals surface area (Å²) >= 11 is 0. The Morgan fingerprint density at radius 2 is 1.63 bits per heavy atom. The molecule has 2 bridgehead atoms. The topological polar surface area (TPSA) is 30.0 Å². The molecule has 0 radical (unpaired) electrons. The molecule has 3 heteroatoms. The molecular weight excluding hydrogens is 337 g/mol. The summed E-state index contributed by atoms with van der Waals surface area (Å²) < 4.78 is 14.4. The highest BCUT2D eigenvalue weighted by molar-refractivity contribution is 6.03. The standard InChI is InChI=1S/C24H20FNO/c25-20-11-5-4-10-18(20)22(27)24-15-23(16-24,17-8-2-1-3-9-17)14-19(24)21-12-6-7-13-26-21/h1-13,19H,14-16H2/t19-,23?,24?/m0/s1. The third-order valence-electron chi connectivity index (χ3n) is 6.57. The normalized spacial score (nSPS) is 28.6. The van der Waals surface area contributed by atoms with Gasteiger partial charge in [0.2, 0.25) is 0 Å². The van der Waals surface area contributed by atoms with Crippen LogP contribution in [0.1, 0.15) is 46.8 Å². The maximum absolute atomic E-state index is 14.4. The van der Waals surface area contributed by atoms with Gasteiger partial charge in [0.25, 0.3) is 0 Å². The molecular formula is C24H20FNO. The van der Waals surface area contributed by atoms with Gasteiger partial charge in [-0.3, -0.25) is 9.78 Å². The summed E-state index contributed by atoms with van der Waals surface area (Å²) in [6.45, 7) is 0.